The van der Waals surface area contributed by atoms with E-state index in [0.29, 0.717) is 79.1 Å². The van der Waals surface area contributed by atoms with Gasteiger partial charge in [-0.05, 0) is 49.7 Å². The maximum absolute atomic E-state index is 13.8. The summed E-state index contributed by atoms with van der Waals surface area (Å²) in [6.45, 7) is 9.59. The number of fused-ring (bicyclic) bond motifs is 1. The van der Waals surface area contributed by atoms with E-state index in [1.807, 2.05) is 13.8 Å². The number of hydrogen-bond donors (Lipinski definition) is 0. The van der Waals surface area contributed by atoms with E-state index < -0.39 is 10.0 Å². The highest BCUT2D eigenvalue weighted by Crippen LogP contribution is 2.34. The Hall–Kier alpha value is -3.81. The highest BCUT2D eigenvalue weighted by Gasteiger charge is 2.30. The van der Waals surface area contributed by atoms with Crippen molar-refractivity contribution in [1.82, 2.24) is 33.5 Å². The average molecular weight is 610 g/mol. The van der Waals surface area contributed by atoms with Crippen molar-refractivity contribution in [3.8, 4) is 28.7 Å². The molecule has 1 aromatic carbocycles. The summed E-state index contributed by atoms with van der Waals surface area (Å²) in [6, 6.07) is 8.35. The number of ether oxygens (including phenoxy) is 2. The number of sulfonamides is 1. The SMILES string of the molecule is CCCOc1ccc(S(=O)(=O)N2CCN(CC)CC2)cc1-c1nc2c(CCC)n(-c3ncccc3OC)nc2c(=O)n1C. The number of pyridine rings is 1. The van der Waals surface area contributed by atoms with Crippen LogP contribution in [0.15, 0.2) is 46.2 Å². The molecule has 0 amide bonds. The molecule has 1 aliphatic rings. The van der Waals surface area contributed by atoms with E-state index >= 15 is 0 Å². The first kappa shape index (κ1) is 30.6. The molecule has 5 rings (SSSR count). The summed E-state index contributed by atoms with van der Waals surface area (Å²) in [6.07, 6.45) is 3.74. The molecule has 4 heterocycles. The fraction of sp³-hybridized carbons (Fsp3) is 0.467. The molecule has 4 aromatic rings. The number of rotatable bonds is 11. The zero-order chi connectivity index (χ0) is 30.7. The predicted molar refractivity (Wildman–Crippen MR) is 165 cm³/mol. The lowest BCUT2D eigenvalue weighted by atomic mass is 10.1. The van der Waals surface area contributed by atoms with Gasteiger partial charge in [0.25, 0.3) is 5.56 Å². The molecule has 0 unspecified atom stereocenters. The van der Waals surface area contributed by atoms with Crippen LogP contribution in [0.2, 0.25) is 0 Å². The Morgan fingerprint density at radius 2 is 1.74 bits per heavy atom. The third-order valence-electron chi connectivity index (χ3n) is 7.72. The van der Waals surface area contributed by atoms with Gasteiger partial charge in [-0.2, -0.15) is 9.40 Å². The van der Waals surface area contributed by atoms with E-state index in [4.69, 9.17) is 14.5 Å². The first-order valence-corrected chi connectivity index (χ1v) is 16.2. The molecule has 12 nitrogen and oxygen atoms in total. The quantitative estimate of drug-likeness (QED) is 0.252. The largest absolute Gasteiger partial charge is 0.493 e. The van der Waals surface area contributed by atoms with Crippen LogP contribution in [0.4, 0.5) is 0 Å². The summed E-state index contributed by atoms with van der Waals surface area (Å²) in [5.74, 6) is 1.71. The molecule has 3 aromatic heterocycles. The van der Waals surface area contributed by atoms with Crippen LogP contribution in [0.3, 0.4) is 0 Å². The van der Waals surface area contributed by atoms with E-state index in [0.717, 1.165) is 19.4 Å². The van der Waals surface area contributed by atoms with Gasteiger partial charge < -0.3 is 14.4 Å². The Morgan fingerprint density at radius 1 is 0.977 bits per heavy atom. The van der Waals surface area contributed by atoms with Crippen molar-refractivity contribution < 1.29 is 17.9 Å². The highest BCUT2D eigenvalue weighted by atomic mass is 32.2. The summed E-state index contributed by atoms with van der Waals surface area (Å²) in [5.41, 5.74) is 1.39. The number of aromatic nitrogens is 5. The van der Waals surface area contributed by atoms with Crippen molar-refractivity contribution in [3.63, 3.8) is 0 Å². The second-order valence-electron chi connectivity index (χ2n) is 10.5. The molecule has 0 atom stereocenters. The van der Waals surface area contributed by atoms with Gasteiger partial charge in [0.2, 0.25) is 10.0 Å². The first-order valence-electron chi connectivity index (χ1n) is 14.7. The fourth-order valence-corrected chi connectivity index (χ4v) is 6.79. The van der Waals surface area contributed by atoms with Gasteiger partial charge in [-0.3, -0.25) is 9.36 Å². The van der Waals surface area contributed by atoms with Gasteiger partial charge in [0, 0.05) is 39.4 Å². The number of hydrogen-bond acceptors (Lipinski definition) is 9. The lowest BCUT2D eigenvalue weighted by molar-refractivity contribution is 0.196. The van der Waals surface area contributed by atoms with Crippen LogP contribution in [0, 0.1) is 0 Å². The summed E-state index contributed by atoms with van der Waals surface area (Å²) < 4.78 is 43.6. The molecule has 0 aliphatic carbocycles. The summed E-state index contributed by atoms with van der Waals surface area (Å²) in [4.78, 5) is 25.6. The van der Waals surface area contributed by atoms with Gasteiger partial charge >= 0.3 is 0 Å². The van der Waals surface area contributed by atoms with E-state index in [2.05, 4.69) is 21.9 Å². The minimum Gasteiger partial charge on any atom is -0.493 e. The number of likely N-dealkylation sites (N-methyl/N-ethyl adjacent to an activating group) is 1. The number of benzene rings is 1. The van der Waals surface area contributed by atoms with Crippen LogP contribution in [0.5, 0.6) is 11.5 Å². The first-order chi connectivity index (χ1) is 20.7. The van der Waals surface area contributed by atoms with Crippen molar-refractivity contribution in [2.24, 2.45) is 7.05 Å². The van der Waals surface area contributed by atoms with Gasteiger partial charge in [0.15, 0.2) is 17.1 Å². The van der Waals surface area contributed by atoms with Crippen molar-refractivity contribution in [3.05, 3.63) is 52.6 Å². The molecule has 0 bridgehead atoms. The van der Waals surface area contributed by atoms with Crippen LogP contribution in [0.25, 0.3) is 28.2 Å². The van der Waals surface area contributed by atoms with Crippen LogP contribution in [-0.4, -0.2) is 88.4 Å². The van der Waals surface area contributed by atoms with E-state index in [1.54, 1.807) is 55.4 Å². The Bertz CT molecular complexity index is 1780. The standard InChI is InChI=1S/C30H39N7O5S/c1-6-10-23-26-27(33-37(23)29-25(41-5)11-9-14-31-29)30(38)34(4)28(32-26)22-20-21(12-13-24(22)42-19-7-2)43(39,40)36-17-15-35(8-3)16-18-36/h9,11-14,20H,6-8,10,15-19H2,1-5H3. The summed E-state index contributed by atoms with van der Waals surface area (Å²) >= 11 is 0. The third-order valence-corrected chi connectivity index (χ3v) is 9.62. The maximum atomic E-state index is 13.8. The number of aryl methyl sites for hydroxylation is 1. The molecule has 230 valence electrons. The number of piperazine rings is 1. The van der Waals surface area contributed by atoms with Gasteiger partial charge in [-0.1, -0.05) is 27.2 Å². The van der Waals surface area contributed by atoms with Gasteiger partial charge in [-0.25, -0.2) is 23.1 Å². The van der Waals surface area contributed by atoms with Gasteiger partial charge in [0.05, 0.1) is 29.9 Å². The van der Waals surface area contributed by atoms with Crippen molar-refractivity contribution in [1.29, 1.82) is 0 Å². The minimum atomic E-state index is -3.79. The lowest BCUT2D eigenvalue weighted by Gasteiger charge is -2.33. The van der Waals surface area contributed by atoms with E-state index in [1.165, 1.54) is 8.87 Å². The topological polar surface area (TPSA) is 125 Å². The smallest absolute Gasteiger partial charge is 0.281 e. The van der Waals surface area contributed by atoms with Crippen LogP contribution < -0.4 is 15.0 Å². The van der Waals surface area contributed by atoms with E-state index in [-0.39, 0.29) is 16.0 Å². The number of nitrogens with zero attached hydrogens (tertiary/aromatic N) is 7. The normalized spacial score (nSPS) is 14.8. The van der Waals surface area contributed by atoms with E-state index in [9.17, 15) is 13.2 Å². The lowest BCUT2D eigenvalue weighted by Crippen LogP contribution is -2.48. The maximum Gasteiger partial charge on any atom is 0.281 e. The highest BCUT2D eigenvalue weighted by molar-refractivity contribution is 7.89. The minimum absolute atomic E-state index is 0.133. The molecule has 0 N–H and O–H groups in total. The summed E-state index contributed by atoms with van der Waals surface area (Å²) in [7, 11) is -0.619. The van der Waals surface area contributed by atoms with Gasteiger partial charge in [0.1, 0.15) is 17.1 Å². The van der Waals surface area contributed by atoms with Crippen molar-refractivity contribution >= 4 is 21.1 Å². The molecule has 1 saturated heterocycles. The second-order valence-corrected chi connectivity index (χ2v) is 12.4. The Morgan fingerprint density at radius 3 is 2.42 bits per heavy atom. The molecular weight excluding hydrogens is 570 g/mol. The Balaban J connectivity index is 1.70. The van der Waals surface area contributed by atoms with Crippen LogP contribution in [0.1, 0.15) is 39.3 Å². The van der Waals surface area contributed by atoms with Crippen LogP contribution in [-0.2, 0) is 23.5 Å². The molecule has 1 fully saturated rings. The Labute approximate surface area is 251 Å². The molecule has 13 heteroatoms. The second kappa shape index (κ2) is 12.8. The third kappa shape index (κ3) is 5.76. The Kier molecular flexibility index (Phi) is 9.13. The zero-order valence-corrected chi connectivity index (χ0v) is 26.2. The molecule has 0 radical (unpaired) electrons. The van der Waals surface area contributed by atoms with Crippen molar-refractivity contribution in [2.45, 2.75) is 44.9 Å². The van der Waals surface area contributed by atoms with Gasteiger partial charge in [-0.15, -0.1) is 0 Å². The zero-order valence-electron chi connectivity index (χ0n) is 25.4. The fourth-order valence-electron chi connectivity index (χ4n) is 5.34. The monoisotopic (exact) mass is 609 g/mol. The molecule has 1 aliphatic heterocycles. The summed E-state index contributed by atoms with van der Waals surface area (Å²) in [5, 5.41) is 4.65. The molecular formula is C30H39N7O5S. The predicted octanol–water partition coefficient (Wildman–Crippen LogP) is 3.26. The molecule has 43 heavy (non-hydrogen) atoms. The molecule has 0 spiro atoms. The molecule has 0 saturated carbocycles. The van der Waals surface area contributed by atoms with Crippen LogP contribution >= 0.6 is 0 Å². The van der Waals surface area contributed by atoms with Crippen molar-refractivity contribution in [2.75, 3.05) is 46.4 Å². The number of methoxy groups -OCH3 is 1. The average Bonchev–Trinajstić information content (AvgIpc) is 3.39.